The summed E-state index contributed by atoms with van der Waals surface area (Å²) in [7, 11) is 0. The molecular formula is C45H70O10. The van der Waals surface area contributed by atoms with Crippen molar-refractivity contribution in [3.63, 3.8) is 0 Å². The largest absolute Gasteiger partial charge is 0.462 e. The van der Waals surface area contributed by atoms with E-state index in [1.165, 1.54) is 0 Å². The lowest BCUT2D eigenvalue weighted by atomic mass is 9.99. The summed E-state index contributed by atoms with van der Waals surface area (Å²) in [5, 5.41) is 40.0. The van der Waals surface area contributed by atoms with Gasteiger partial charge in [-0.2, -0.15) is 0 Å². The number of esters is 2. The first-order chi connectivity index (χ1) is 26.8. The lowest BCUT2D eigenvalue weighted by Crippen LogP contribution is -2.59. The number of carbonyl (C=O) groups is 2. The van der Waals surface area contributed by atoms with E-state index in [1.807, 2.05) is 66.8 Å². The molecule has 0 spiro atoms. The Bertz CT molecular complexity index is 1210. The molecule has 0 aromatic rings. The van der Waals surface area contributed by atoms with Gasteiger partial charge in [0, 0.05) is 12.8 Å². The fourth-order valence-electron chi connectivity index (χ4n) is 5.44. The van der Waals surface area contributed by atoms with Gasteiger partial charge in [-0.15, -0.1) is 0 Å². The van der Waals surface area contributed by atoms with Crippen LogP contribution in [0.1, 0.15) is 117 Å². The number of hydrogen-bond donors (Lipinski definition) is 4. The number of carbonyl (C=O) groups excluding carboxylic acids is 2. The van der Waals surface area contributed by atoms with E-state index in [1.54, 1.807) is 0 Å². The van der Waals surface area contributed by atoms with E-state index in [-0.39, 0.29) is 26.1 Å². The molecule has 310 valence electrons. The summed E-state index contributed by atoms with van der Waals surface area (Å²) in [5.41, 5.74) is 0. The van der Waals surface area contributed by atoms with E-state index in [2.05, 4.69) is 44.2 Å². The highest BCUT2D eigenvalue weighted by molar-refractivity contribution is 5.70. The summed E-state index contributed by atoms with van der Waals surface area (Å²) in [6.45, 7) is 3.06. The third-order valence-corrected chi connectivity index (χ3v) is 8.65. The van der Waals surface area contributed by atoms with E-state index < -0.39 is 55.4 Å². The van der Waals surface area contributed by atoms with E-state index in [0.717, 1.165) is 77.0 Å². The molecule has 1 saturated heterocycles. The Balaban J connectivity index is 2.42. The molecule has 1 rings (SSSR count). The Morgan fingerprint density at radius 1 is 0.564 bits per heavy atom. The minimum Gasteiger partial charge on any atom is -0.462 e. The highest BCUT2D eigenvalue weighted by Crippen LogP contribution is 2.22. The average Bonchev–Trinajstić information content (AvgIpc) is 3.18. The maximum atomic E-state index is 12.7. The summed E-state index contributed by atoms with van der Waals surface area (Å²) < 4.78 is 22.0. The predicted molar refractivity (Wildman–Crippen MR) is 219 cm³/mol. The lowest BCUT2D eigenvalue weighted by molar-refractivity contribution is -0.305. The van der Waals surface area contributed by atoms with E-state index in [9.17, 15) is 30.0 Å². The number of allylic oxidation sites excluding steroid dienone is 16. The number of aliphatic hydroxyl groups excluding tert-OH is 4. The molecule has 0 aliphatic carbocycles. The standard InChI is InChI=1S/C45H70O10/c1-3-5-7-9-11-13-15-17-19-21-23-25-27-29-31-33-40(47)52-36-38(37-53-45-44(51)43(50)42(49)39(35-46)55-45)54-41(48)34-32-30-28-26-24-22-20-18-16-14-12-10-8-6-4-2/h5-20,38-39,42-46,49-51H,3-4,21-37H2,1-2H3/b7-5+,8-6+,11-9+,12-10+,15-13+,16-14+,19-17+,20-18+/t38-,39-,42+,43?,44?,45-/m0/s1. The van der Waals surface area contributed by atoms with Crippen LogP contribution in [0.2, 0.25) is 0 Å². The van der Waals surface area contributed by atoms with Crippen LogP contribution in [-0.2, 0) is 28.5 Å². The van der Waals surface area contributed by atoms with Gasteiger partial charge in [0.2, 0.25) is 0 Å². The molecule has 2 unspecified atom stereocenters. The summed E-state index contributed by atoms with van der Waals surface area (Å²) in [6.07, 6.45) is 38.4. The molecule has 1 aliphatic heterocycles. The smallest absolute Gasteiger partial charge is 0.306 e. The second-order valence-electron chi connectivity index (χ2n) is 13.5. The van der Waals surface area contributed by atoms with Gasteiger partial charge in [0.05, 0.1) is 13.2 Å². The first kappa shape index (κ1) is 49.6. The molecule has 0 radical (unpaired) electrons. The topological polar surface area (TPSA) is 152 Å². The molecule has 1 aliphatic rings. The fourth-order valence-corrected chi connectivity index (χ4v) is 5.44. The van der Waals surface area contributed by atoms with Crippen LogP contribution in [0, 0.1) is 0 Å². The fraction of sp³-hybridized carbons (Fsp3) is 0.600. The van der Waals surface area contributed by atoms with Gasteiger partial charge in [0.15, 0.2) is 12.4 Å². The molecular weight excluding hydrogens is 700 g/mol. The second kappa shape index (κ2) is 35.1. The van der Waals surface area contributed by atoms with Crippen molar-refractivity contribution in [3.05, 3.63) is 97.2 Å². The predicted octanol–water partition coefficient (Wildman–Crippen LogP) is 7.99. The molecule has 1 heterocycles. The Morgan fingerprint density at radius 3 is 1.53 bits per heavy atom. The molecule has 55 heavy (non-hydrogen) atoms. The second-order valence-corrected chi connectivity index (χ2v) is 13.5. The summed E-state index contributed by atoms with van der Waals surface area (Å²) in [4.78, 5) is 25.3. The maximum Gasteiger partial charge on any atom is 0.306 e. The van der Waals surface area contributed by atoms with Crippen molar-refractivity contribution >= 4 is 11.9 Å². The Hall–Kier alpha value is -3.38. The van der Waals surface area contributed by atoms with Crippen molar-refractivity contribution in [2.45, 2.75) is 153 Å². The first-order valence-corrected chi connectivity index (χ1v) is 20.4. The molecule has 0 amide bonds. The molecule has 0 saturated carbocycles. The quantitative estimate of drug-likeness (QED) is 0.0310. The van der Waals surface area contributed by atoms with Gasteiger partial charge in [-0.25, -0.2) is 0 Å². The van der Waals surface area contributed by atoms with E-state index in [0.29, 0.717) is 12.8 Å². The molecule has 1 fully saturated rings. The van der Waals surface area contributed by atoms with Gasteiger partial charge < -0.3 is 39.4 Å². The minimum atomic E-state index is -1.61. The van der Waals surface area contributed by atoms with Crippen LogP contribution in [0.5, 0.6) is 0 Å². The number of hydrogen-bond acceptors (Lipinski definition) is 10. The molecule has 4 N–H and O–H groups in total. The van der Waals surface area contributed by atoms with Crippen molar-refractivity contribution < 1.29 is 49.0 Å². The van der Waals surface area contributed by atoms with Crippen LogP contribution in [-0.4, -0.2) is 89.0 Å². The number of aliphatic hydroxyl groups is 4. The summed E-state index contributed by atoms with van der Waals surface area (Å²) in [5.74, 6) is -0.875. The lowest BCUT2D eigenvalue weighted by Gasteiger charge is -2.39. The van der Waals surface area contributed by atoms with Gasteiger partial charge in [-0.1, -0.05) is 150 Å². The van der Waals surface area contributed by atoms with Crippen LogP contribution in [0.15, 0.2) is 97.2 Å². The molecule has 6 atom stereocenters. The zero-order valence-corrected chi connectivity index (χ0v) is 33.4. The Kier molecular flexibility index (Phi) is 31.6. The molecule has 10 heteroatoms. The van der Waals surface area contributed by atoms with Crippen molar-refractivity contribution in [2.24, 2.45) is 0 Å². The van der Waals surface area contributed by atoms with Crippen LogP contribution in [0.3, 0.4) is 0 Å². The normalized spacial score (nSPS) is 21.6. The number of ether oxygens (including phenoxy) is 4. The first-order valence-electron chi connectivity index (χ1n) is 20.4. The van der Waals surface area contributed by atoms with Crippen molar-refractivity contribution in [1.82, 2.24) is 0 Å². The third-order valence-electron chi connectivity index (χ3n) is 8.65. The van der Waals surface area contributed by atoms with Crippen molar-refractivity contribution in [3.8, 4) is 0 Å². The maximum absolute atomic E-state index is 12.7. The molecule has 10 nitrogen and oxygen atoms in total. The van der Waals surface area contributed by atoms with Crippen LogP contribution in [0.4, 0.5) is 0 Å². The third kappa shape index (κ3) is 27.0. The zero-order valence-electron chi connectivity index (χ0n) is 33.4. The van der Waals surface area contributed by atoms with Gasteiger partial charge >= 0.3 is 11.9 Å². The van der Waals surface area contributed by atoms with Crippen LogP contribution < -0.4 is 0 Å². The molecule has 0 aromatic heterocycles. The summed E-state index contributed by atoms with van der Waals surface area (Å²) in [6, 6.07) is 0. The zero-order chi connectivity index (χ0) is 40.2. The monoisotopic (exact) mass is 770 g/mol. The highest BCUT2D eigenvalue weighted by atomic mass is 16.7. The van der Waals surface area contributed by atoms with Gasteiger partial charge in [0.1, 0.15) is 31.0 Å². The number of rotatable bonds is 31. The SMILES string of the molecule is CC/C=C/C=C/C=C/C=C/CCCCCCCC(=O)OC[C@@H](CO[C@H]1O[C@@H](CO)[C@@H](O)C(O)C1O)OC(=O)CCCCCCC/C=C/C=C/C=C/C=C/CC. The minimum absolute atomic E-state index is 0.191. The Morgan fingerprint density at radius 2 is 1.02 bits per heavy atom. The van der Waals surface area contributed by atoms with Crippen LogP contribution >= 0.6 is 0 Å². The molecule has 0 bridgehead atoms. The van der Waals surface area contributed by atoms with Crippen LogP contribution in [0.25, 0.3) is 0 Å². The number of unbranched alkanes of at least 4 members (excludes halogenated alkanes) is 10. The summed E-state index contributed by atoms with van der Waals surface area (Å²) >= 11 is 0. The van der Waals surface area contributed by atoms with E-state index >= 15 is 0 Å². The van der Waals surface area contributed by atoms with Crippen molar-refractivity contribution in [1.29, 1.82) is 0 Å². The van der Waals surface area contributed by atoms with Gasteiger partial charge in [-0.3, -0.25) is 9.59 Å². The average molecular weight is 771 g/mol. The molecule has 0 aromatic carbocycles. The van der Waals surface area contributed by atoms with Gasteiger partial charge in [0.25, 0.3) is 0 Å². The Labute approximate surface area is 330 Å². The van der Waals surface area contributed by atoms with Crippen molar-refractivity contribution in [2.75, 3.05) is 19.8 Å². The van der Waals surface area contributed by atoms with Gasteiger partial charge in [-0.05, 0) is 51.4 Å². The van der Waals surface area contributed by atoms with E-state index in [4.69, 9.17) is 18.9 Å². The highest BCUT2D eigenvalue weighted by Gasteiger charge is 2.44.